The molecule has 0 spiro atoms. The van der Waals surface area contributed by atoms with Crippen LogP contribution in [-0.4, -0.2) is 20.8 Å². The van der Waals surface area contributed by atoms with Gasteiger partial charge in [0.25, 0.3) is 0 Å². The van der Waals surface area contributed by atoms with Crippen LogP contribution in [0.15, 0.2) is 18.2 Å². The maximum Gasteiger partial charge on any atom is 0.165 e. The largest absolute Gasteiger partial charge is 0.493 e. The van der Waals surface area contributed by atoms with Crippen molar-refractivity contribution in [2.45, 2.75) is 38.6 Å². The summed E-state index contributed by atoms with van der Waals surface area (Å²) >= 11 is 0. The standard InChI is InChI=1S/C16H25NO2/c1-4-17-14(11-10-12-8-9-12)13-6-5-7-15(18-2)16(13)19-3/h5-7,12,14,17H,4,8-11H2,1-3H3. The van der Waals surface area contributed by atoms with Gasteiger partial charge in [0.15, 0.2) is 11.5 Å². The quantitative estimate of drug-likeness (QED) is 0.778. The first-order valence-corrected chi connectivity index (χ1v) is 7.24. The molecule has 0 aliphatic heterocycles. The molecule has 0 aromatic heterocycles. The number of benzene rings is 1. The first kappa shape index (κ1) is 14.2. The summed E-state index contributed by atoms with van der Waals surface area (Å²) < 4.78 is 10.9. The summed E-state index contributed by atoms with van der Waals surface area (Å²) in [4.78, 5) is 0. The molecule has 1 unspecified atom stereocenters. The number of rotatable bonds is 8. The summed E-state index contributed by atoms with van der Waals surface area (Å²) in [6.45, 7) is 3.12. The fraction of sp³-hybridized carbons (Fsp3) is 0.625. The number of ether oxygens (including phenoxy) is 2. The van der Waals surface area contributed by atoms with Crippen molar-refractivity contribution in [1.82, 2.24) is 5.32 Å². The van der Waals surface area contributed by atoms with Crippen molar-refractivity contribution < 1.29 is 9.47 Å². The van der Waals surface area contributed by atoms with E-state index in [1.165, 1.54) is 31.2 Å². The zero-order valence-corrected chi connectivity index (χ0v) is 12.2. The number of hydrogen-bond donors (Lipinski definition) is 1. The van der Waals surface area contributed by atoms with Gasteiger partial charge in [-0.25, -0.2) is 0 Å². The summed E-state index contributed by atoms with van der Waals surface area (Å²) in [5.74, 6) is 2.64. The van der Waals surface area contributed by atoms with E-state index in [0.717, 1.165) is 24.0 Å². The second-order valence-corrected chi connectivity index (χ2v) is 5.21. The lowest BCUT2D eigenvalue weighted by atomic mass is 9.99. The fourth-order valence-electron chi connectivity index (χ4n) is 2.61. The van der Waals surface area contributed by atoms with Gasteiger partial charge in [-0.3, -0.25) is 0 Å². The van der Waals surface area contributed by atoms with Gasteiger partial charge in [-0.05, 0) is 31.4 Å². The van der Waals surface area contributed by atoms with Gasteiger partial charge < -0.3 is 14.8 Å². The molecule has 1 fully saturated rings. The predicted octanol–water partition coefficient (Wildman–Crippen LogP) is 3.54. The van der Waals surface area contributed by atoms with Crippen LogP contribution in [0.5, 0.6) is 11.5 Å². The lowest BCUT2D eigenvalue weighted by molar-refractivity contribution is 0.344. The van der Waals surface area contributed by atoms with E-state index in [4.69, 9.17) is 9.47 Å². The molecule has 3 heteroatoms. The minimum atomic E-state index is 0.357. The Morgan fingerprint density at radius 2 is 2.05 bits per heavy atom. The summed E-state index contributed by atoms with van der Waals surface area (Å²) in [5, 5.41) is 3.57. The minimum Gasteiger partial charge on any atom is -0.493 e. The van der Waals surface area contributed by atoms with E-state index in [0.29, 0.717) is 6.04 Å². The van der Waals surface area contributed by atoms with E-state index in [1.54, 1.807) is 14.2 Å². The van der Waals surface area contributed by atoms with Crippen LogP contribution in [0.1, 0.15) is 44.2 Å². The normalized spacial score (nSPS) is 16.2. The Hall–Kier alpha value is -1.22. The van der Waals surface area contributed by atoms with Crippen LogP contribution in [0.2, 0.25) is 0 Å². The average molecular weight is 263 g/mol. The molecule has 1 saturated carbocycles. The Kier molecular flexibility index (Phi) is 5.08. The van der Waals surface area contributed by atoms with Gasteiger partial charge in [0.2, 0.25) is 0 Å². The van der Waals surface area contributed by atoms with Crippen molar-refractivity contribution in [2.75, 3.05) is 20.8 Å². The number of para-hydroxylation sites is 1. The first-order valence-electron chi connectivity index (χ1n) is 7.24. The molecular formula is C16H25NO2. The Morgan fingerprint density at radius 1 is 1.26 bits per heavy atom. The fourth-order valence-corrected chi connectivity index (χ4v) is 2.61. The van der Waals surface area contributed by atoms with Crippen LogP contribution in [0.4, 0.5) is 0 Å². The van der Waals surface area contributed by atoms with E-state index >= 15 is 0 Å². The molecule has 1 N–H and O–H groups in total. The van der Waals surface area contributed by atoms with Gasteiger partial charge >= 0.3 is 0 Å². The van der Waals surface area contributed by atoms with Gasteiger partial charge in [0, 0.05) is 11.6 Å². The third-order valence-electron chi connectivity index (χ3n) is 3.82. The van der Waals surface area contributed by atoms with E-state index in [2.05, 4.69) is 18.3 Å². The molecule has 1 aliphatic rings. The molecule has 0 saturated heterocycles. The Morgan fingerprint density at radius 3 is 2.63 bits per heavy atom. The summed E-state index contributed by atoms with van der Waals surface area (Å²) in [5.41, 5.74) is 1.21. The van der Waals surface area contributed by atoms with Crippen LogP contribution in [0.3, 0.4) is 0 Å². The van der Waals surface area contributed by atoms with E-state index in [9.17, 15) is 0 Å². The highest BCUT2D eigenvalue weighted by Crippen LogP contribution is 2.39. The third kappa shape index (κ3) is 3.63. The molecule has 0 bridgehead atoms. The van der Waals surface area contributed by atoms with Crippen molar-refractivity contribution in [3.63, 3.8) is 0 Å². The molecule has 2 rings (SSSR count). The Bertz CT molecular complexity index is 402. The Labute approximate surface area is 116 Å². The zero-order valence-electron chi connectivity index (χ0n) is 12.2. The van der Waals surface area contributed by atoms with Crippen LogP contribution < -0.4 is 14.8 Å². The molecule has 0 amide bonds. The molecular weight excluding hydrogens is 238 g/mol. The molecule has 19 heavy (non-hydrogen) atoms. The monoisotopic (exact) mass is 263 g/mol. The van der Waals surface area contributed by atoms with Crippen LogP contribution in [0, 0.1) is 5.92 Å². The molecule has 1 aliphatic carbocycles. The lowest BCUT2D eigenvalue weighted by Gasteiger charge is -2.22. The van der Waals surface area contributed by atoms with Crippen LogP contribution in [-0.2, 0) is 0 Å². The predicted molar refractivity (Wildman–Crippen MR) is 77.9 cm³/mol. The van der Waals surface area contributed by atoms with E-state index in [-0.39, 0.29) is 0 Å². The van der Waals surface area contributed by atoms with Crippen LogP contribution >= 0.6 is 0 Å². The first-order chi connectivity index (χ1) is 9.30. The van der Waals surface area contributed by atoms with Gasteiger partial charge in [-0.2, -0.15) is 0 Å². The average Bonchev–Trinajstić information content (AvgIpc) is 3.26. The minimum absolute atomic E-state index is 0.357. The van der Waals surface area contributed by atoms with Gasteiger partial charge in [0.1, 0.15) is 0 Å². The number of methoxy groups -OCH3 is 2. The van der Waals surface area contributed by atoms with Gasteiger partial charge in [-0.1, -0.05) is 31.9 Å². The van der Waals surface area contributed by atoms with Crippen molar-refractivity contribution in [3.8, 4) is 11.5 Å². The van der Waals surface area contributed by atoms with Crippen molar-refractivity contribution in [2.24, 2.45) is 5.92 Å². The van der Waals surface area contributed by atoms with Crippen molar-refractivity contribution in [1.29, 1.82) is 0 Å². The summed E-state index contributed by atoms with van der Waals surface area (Å²) in [7, 11) is 3.40. The second-order valence-electron chi connectivity index (χ2n) is 5.21. The van der Waals surface area contributed by atoms with Crippen LogP contribution in [0.25, 0.3) is 0 Å². The topological polar surface area (TPSA) is 30.5 Å². The maximum absolute atomic E-state index is 5.55. The Balaban J connectivity index is 2.17. The molecule has 3 nitrogen and oxygen atoms in total. The highest BCUT2D eigenvalue weighted by molar-refractivity contribution is 5.48. The molecule has 0 radical (unpaired) electrons. The maximum atomic E-state index is 5.55. The number of hydrogen-bond acceptors (Lipinski definition) is 3. The summed E-state index contributed by atoms with van der Waals surface area (Å²) in [6.07, 6.45) is 5.29. The smallest absolute Gasteiger partial charge is 0.165 e. The molecule has 1 atom stereocenters. The van der Waals surface area contributed by atoms with Crippen molar-refractivity contribution >= 4 is 0 Å². The third-order valence-corrected chi connectivity index (χ3v) is 3.82. The molecule has 106 valence electrons. The molecule has 0 heterocycles. The van der Waals surface area contributed by atoms with E-state index < -0.39 is 0 Å². The van der Waals surface area contributed by atoms with Gasteiger partial charge in [-0.15, -0.1) is 0 Å². The number of nitrogens with one attached hydrogen (secondary N) is 1. The second kappa shape index (κ2) is 6.80. The summed E-state index contributed by atoms with van der Waals surface area (Å²) in [6, 6.07) is 6.49. The van der Waals surface area contributed by atoms with Crippen molar-refractivity contribution in [3.05, 3.63) is 23.8 Å². The zero-order chi connectivity index (χ0) is 13.7. The SMILES string of the molecule is CCNC(CCC1CC1)c1cccc(OC)c1OC. The molecule has 1 aromatic rings. The lowest BCUT2D eigenvalue weighted by Crippen LogP contribution is -2.21. The van der Waals surface area contributed by atoms with E-state index in [1.807, 2.05) is 12.1 Å². The molecule has 1 aromatic carbocycles. The van der Waals surface area contributed by atoms with Gasteiger partial charge in [0.05, 0.1) is 14.2 Å². The highest BCUT2D eigenvalue weighted by Gasteiger charge is 2.24. The highest BCUT2D eigenvalue weighted by atomic mass is 16.5.